The van der Waals surface area contributed by atoms with Crippen molar-refractivity contribution in [3.05, 3.63) is 47.0 Å². The van der Waals surface area contributed by atoms with E-state index in [0.29, 0.717) is 35.1 Å². The third kappa shape index (κ3) is 4.55. The van der Waals surface area contributed by atoms with Crippen LogP contribution in [0.2, 0.25) is 5.02 Å². The molecule has 0 radical (unpaired) electrons. The first kappa shape index (κ1) is 22.4. The van der Waals surface area contributed by atoms with E-state index in [1.54, 1.807) is 24.3 Å². The minimum Gasteiger partial charge on any atom is -0.493 e. The van der Waals surface area contributed by atoms with Crippen molar-refractivity contribution < 1.29 is 22.7 Å². The van der Waals surface area contributed by atoms with Crippen LogP contribution in [0.5, 0.6) is 11.5 Å². The molecule has 162 valence electrons. The lowest BCUT2D eigenvalue weighted by Gasteiger charge is -2.30. The van der Waals surface area contributed by atoms with Gasteiger partial charge >= 0.3 is 0 Å². The highest BCUT2D eigenvalue weighted by molar-refractivity contribution is 7.89. The van der Waals surface area contributed by atoms with Crippen molar-refractivity contribution in [2.24, 2.45) is 5.92 Å². The van der Waals surface area contributed by atoms with Crippen molar-refractivity contribution in [2.75, 3.05) is 32.6 Å². The number of hydrogen-bond donors (Lipinski definition) is 1. The van der Waals surface area contributed by atoms with Crippen LogP contribution in [-0.4, -0.2) is 45.9 Å². The molecule has 0 aromatic heterocycles. The number of amides is 1. The van der Waals surface area contributed by atoms with Crippen molar-refractivity contribution in [3.8, 4) is 11.5 Å². The zero-order valence-corrected chi connectivity index (χ0v) is 18.7. The molecule has 1 heterocycles. The minimum absolute atomic E-state index is 0.122. The van der Waals surface area contributed by atoms with E-state index in [4.69, 9.17) is 21.1 Å². The highest BCUT2D eigenvalue weighted by Crippen LogP contribution is 2.32. The van der Waals surface area contributed by atoms with Crippen LogP contribution in [0.1, 0.15) is 18.4 Å². The number of halogens is 1. The van der Waals surface area contributed by atoms with Crippen LogP contribution in [0.3, 0.4) is 0 Å². The van der Waals surface area contributed by atoms with Gasteiger partial charge in [-0.2, -0.15) is 4.31 Å². The number of rotatable bonds is 6. The van der Waals surface area contributed by atoms with Gasteiger partial charge in [-0.1, -0.05) is 17.7 Å². The Labute approximate surface area is 182 Å². The van der Waals surface area contributed by atoms with E-state index >= 15 is 0 Å². The van der Waals surface area contributed by atoms with Gasteiger partial charge in [0.25, 0.3) is 0 Å². The van der Waals surface area contributed by atoms with Crippen LogP contribution in [0, 0.1) is 12.8 Å². The molecule has 1 aliphatic rings. The Morgan fingerprint density at radius 1 is 1.10 bits per heavy atom. The molecule has 1 amide bonds. The summed E-state index contributed by atoms with van der Waals surface area (Å²) in [5.41, 5.74) is 1.48. The molecule has 0 spiro atoms. The van der Waals surface area contributed by atoms with Gasteiger partial charge in [-0.25, -0.2) is 8.42 Å². The second kappa shape index (κ2) is 9.24. The van der Waals surface area contributed by atoms with Gasteiger partial charge in [-0.15, -0.1) is 0 Å². The standard InChI is InChI=1S/C21H25ClN2O5S/c1-14-17(22)5-4-6-18(14)23-21(25)15-9-11-24(12-10-15)30(26,27)16-7-8-19(28-2)20(13-16)29-3/h4-8,13,15H,9-12H2,1-3H3,(H,23,25). The van der Waals surface area contributed by atoms with Gasteiger partial charge in [0.15, 0.2) is 11.5 Å². The van der Waals surface area contributed by atoms with Crippen LogP contribution in [-0.2, 0) is 14.8 Å². The quantitative estimate of drug-likeness (QED) is 0.722. The van der Waals surface area contributed by atoms with E-state index in [9.17, 15) is 13.2 Å². The molecule has 0 bridgehead atoms. The van der Waals surface area contributed by atoms with Gasteiger partial charge in [0.05, 0.1) is 19.1 Å². The van der Waals surface area contributed by atoms with Crippen molar-refractivity contribution >= 4 is 33.2 Å². The van der Waals surface area contributed by atoms with Gasteiger partial charge in [0.1, 0.15) is 0 Å². The molecule has 7 nitrogen and oxygen atoms in total. The smallest absolute Gasteiger partial charge is 0.243 e. The van der Waals surface area contributed by atoms with E-state index in [1.807, 2.05) is 6.92 Å². The van der Waals surface area contributed by atoms with Crippen molar-refractivity contribution in [1.29, 1.82) is 0 Å². The molecule has 0 unspecified atom stereocenters. The lowest BCUT2D eigenvalue weighted by molar-refractivity contribution is -0.120. The molecule has 1 saturated heterocycles. The van der Waals surface area contributed by atoms with E-state index in [-0.39, 0.29) is 29.8 Å². The summed E-state index contributed by atoms with van der Waals surface area (Å²) in [7, 11) is -0.740. The summed E-state index contributed by atoms with van der Waals surface area (Å²) in [6, 6.07) is 9.87. The molecule has 2 aromatic rings. The summed E-state index contributed by atoms with van der Waals surface area (Å²) in [5.74, 6) is 0.427. The van der Waals surface area contributed by atoms with E-state index in [2.05, 4.69) is 5.32 Å². The maximum absolute atomic E-state index is 13.0. The molecule has 1 fully saturated rings. The third-order valence-electron chi connectivity index (χ3n) is 5.34. The van der Waals surface area contributed by atoms with Crippen LogP contribution < -0.4 is 14.8 Å². The van der Waals surface area contributed by atoms with E-state index < -0.39 is 10.0 Å². The van der Waals surface area contributed by atoms with Crippen molar-refractivity contribution in [1.82, 2.24) is 4.31 Å². The average Bonchev–Trinajstić information content (AvgIpc) is 2.76. The highest BCUT2D eigenvalue weighted by Gasteiger charge is 2.32. The number of nitrogens with zero attached hydrogens (tertiary/aromatic N) is 1. The molecule has 0 atom stereocenters. The first-order valence-corrected chi connectivity index (χ1v) is 11.4. The largest absolute Gasteiger partial charge is 0.493 e. The number of nitrogens with one attached hydrogen (secondary N) is 1. The van der Waals surface area contributed by atoms with Gasteiger partial charge in [-0.05, 0) is 49.6 Å². The number of carbonyl (C=O) groups excluding carboxylic acids is 1. The number of ether oxygens (including phenoxy) is 2. The average molecular weight is 453 g/mol. The summed E-state index contributed by atoms with van der Waals surface area (Å²) >= 11 is 6.11. The molecule has 3 rings (SSSR count). The number of anilines is 1. The van der Waals surface area contributed by atoms with Crippen LogP contribution in [0.4, 0.5) is 5.69 Å². The minimum atomic E-state index is -3.69. The SMILES string of the molecule is COc1ccc(S(=O)(=O)N2CCC(C(=O)Nc3cccc(Cl)c3C)CC2)cc1OC. The predicted molar refractivity (Wildman–Crippen MR) is 116 cm³/mol. The number of benzene rings is 2. The fourth-order valence-electron chi connectivity index (χ4n) is 3.46. The molecule has 2 aromatic carbocycles. The van der Waals surface area contributed by atoms with Crippen molar-refractivity contribution in [3.63, 3.8) is 0 Å². The Kier molecular flexibility index (Phi) is 6.90. The maximum atomic E-state index is 13.0. The molecule has 30 heavy (non-hydrogen) atoms. The monoisotopic (exact) mass is 452 g/mol. The first-order valence-electron chi connectivity index (χ1n) is 9.56. The fraction of sp³-hybridized carbons (Fsp3) is 0.381. The van der Waals surface area contributed by atoms with E-state index in [0.717, 1.165) is 5.56 Å². The zero-order chi connectivity index (χ0) is 21.9. The second-order valence-corrected chi connectivity index (χ2v) is 9.44. The Morgan fingerprint density at radius 3 is 2.40 bits per heavy atom. The third-order valence-corrected chi connectivity index (χ3v) is 7.65. The summed E-state index contributed by atoms with van der Waals surface area (Å²) in [6.45, 7) is 2.38. The van der Waals surface area contributed by atoms with Crippen molar-refractivity contribution in [2.45, 2.75) is 24.7 Å². The predicted octanol–water partition coefficient (Wildman–Crippen LogP) is 3.71. The molecular formula is C21H25ClN2O5S. The number of sulfonamides is 1. The Hall–Kier alpha value is -2.29. The van der Waals surface area contributed by atoms with Gasteiger partial charge in [0.2, 0.25) is 15.9 Å². The van der Waals surface area contributed by atoms with Crippen LogP contribution in [0.15, 0.2) is 41.3 Å². The number of methoxy groups -OCH3 is 2. The lowest BCUT2D eigenvalue weighted by atomic mass is 9.97. The Bertz CT molecular complexity index is 1030. The normalized spacial score (nSPS) is 15.6. The fourth-order valence-corrected chi connectivity index (χ4v) is 5.12. The number of carbonyl (C=O) groups is 1. The number of hydrogen-bond acceptors (Lipinski definition) is 5. The molecule has 1 N–H and O–H groups in total. The first-order chi connectivity index (χ1) is 14.3. The molecular weight excluding hydrogens is 428 g/mol. The lowest BCUT2D eigenvalue weighted by Crippen LogP contribution is -2.41. The van der Waals surface area contributed by atoms with Crippen LogP contribution in [0.25, 0.3) is 0 Å². The summed E-state index contributed by atoms with van der Waals surface area (Å²) in [6.07, 6.45) is 0.885. The zero-order valence-electron chi connectivity index (χ0n) is 17.1. The molecule has 0 saturated carbocycles. The maximum Gasteiger partial charge on any atom is 0.243 e. The van der Waals surface area contributed by atoms with Gasteiger partial charge < -0.3 is 14.8 Å². The highest BCUT2D eigenvalue weighted by atomic mass is 35.5. The van der Waals surface area contributed by atoms with Crippen LogP contribution >= 0.6 is 11.6 Å². The summed E-state index contributed by atoms with van der Waals surface area (Å²) in [4.78, 5) is 12.8. The molecule has 9 heteroatoms. The topological polar surface area (TPSA) is 84.9 Å². The molecule has 0 aliphatic carbocycles. The summed E-state index contributed by atoms with van der Waals surface area (Å²) in [5, 5.41) is 3.50. The summed E-state index contributed by atoms with van der Waals surface area (Å²) < 4.78 is 37.8. The molecule has 1 aliphatic heterocycles. The number of piperidine rings is 1. The second-order valence-electron chi connectivity index (χ2n) is 7.10. The van der Waals surface area contributed by atoms with E-state index in [1.165, 1.54) is 30.7 Å². The Morgan fingerprint density at radius 2 is 1.77 bits per heavy atom. The van der Waals surface area contributed by atoms with Gasteiger partial charge in [-0.3, -0.25) is 4.79 Å². The Balaban J connectivity index is 1.67. The van der Waals surface area contributed by atoms with Gasteiger partial charge in [0, 0.05) is 35.8 Å².